The van der Waals surface area contributed by atoms with Crippen LogP contribution in [0.4, 0.5) is 13.6 Å². The molecule has 0 radical (unpaired) electrons. The van der Waals surface area contributed by atoms with Gasteiger partial charge < -0.3 is 14.6 Å². The Bertz CT molecular complexity index is 1190. The quantitative estimate of drug-likeness (QED) is 0.476. The van der Waals surface area contributed by atoms with Crippen molar-refractivity contribution in [3.05, 3.63) is 89.0 Å². The first-order valence-electron chi connectivity index (χ1n) is 11.1. The van der Waals surface area contributed by atoms with Crippen LogP contribution < -0.4 is 4.74 Å². The van der Waals surface area contributed by atoms with Gasteiger partial charge in [0.15, 0.2) is 17.4 Å². The molecule has 0 aromatic heterocycles. The summed E-state index contributed by atoms with van der Waals surface area (Å²) >= 11 is 0. The summed E-state index contributed by atoms with van der Waals surface area (Å²) in [6.45, 7) is 0.0540. The molecule has 1 amide bonds. The number of rotatable bonds is 8. The molecule has 1 aliphatic rings. The van der Waals surface area contributed by atoms with Crippen molar-refractivity contribution in [1.29, 1.82) is 0 Å². The Kier molecular flexibility index (Phi) is 7.00. The average Bonchev–Trinajstić information content (AvgIpc) is 3.16. The predicted molar refractivity (Wildman–Crippen MR) is 125 cm³/mol. The van der Waals surface area contributed by atoms with E-state index in [1.165, 1.54) is 7.05 Å². The molecular formula is C27H25F2NO5. The number of carboxylic acids is 1. The molecule has 0 aliphatic heterocycles. The standard InChI is InChI=1S/C27H25F2NO5/c1-30(24(26(31)32)12-11-16-13-22(28)25(34-2)23(29)14-16)27(33)35-15-21-19-9-5-3-7-17(19)18-8-4-6-10-20(18)21/h3-10,13-14,21,24H,11-12,15H2,1-2H3,(H,31,32). The SMILES string of the molecule is COc1c(F)cc(CCC(C(=O)O)N(C)C(=O)OCC2c3ccccc3-c3ccccc32)cc1F. The summed E-state index contributed by atoms with van der Waals surface area (Å²) in [6, 6.07) is 16.7. The Balaban J connectivity index is 1.43. The number of benzene rings is 3. The molecule has 0 fully saturated rings. The van der Waals surface area contributed by atoms with Gasteiger partial charge >= 0.3 is 12.1 Å². The lowest BCUT2D eigenvalue weighted by atomic mass is 9.98. The second-order valence-electron chi connectivity index (χ2n) is 8.40. The Morgan fingerprint density at radius 1 is 1.00 bits per heavy atom. The van der Waals surface area contributed by atoms with Gasteiger partial charge in [-0.3, -0.25) is 4.90 Å². The van der Waals surface area contributed by atoms with Crippen LogP contribution in [0.15, 0.2) is 60.7 Å². The topological polar surface area (TPSA) is 76.1 Å². The maximum atomic E-state index is 14.0. The van der Waals surface area contributed by atoms with Crippen LogP contribution in [0.2, 0.25) is 0 Å². The number of halogens is 2. The second kappa shape index (κ2) is 10.1. The van der Waals surface area contributed by atoms with Crippen molar-refractivity contribution in [2.75, 3.05) is 20.8 Å². The maximum absolute atomic E-state index is 14.0. The van der Waals surface area contributed by atoms with Crippen LogP contribution in [0.25, 0.3) is 11.1 Å². The zero-order valence-electron chi connectivity index (χ0n) is 19.3. The van der Waals surface area contributed by atoms with Gasteiger partial charge in [-0.15, -0.1) is 0 Å². The summed E-state index contributed by atoms with van der Waals surface area (Å²) in [7, 11) is 2.50. The minimum absolute atomic E-state index is 0.0375. The third-order valence-corrected chi connectivity index (χ3v) is 6.35. The molecule has 0 spiro atoms. The van der Waals surface area contributed by atoms with Crippen LogP contribution in [0.1, 0.15) is 29.0 Å². The molecule has 3 aromatic rings. The smallest absolute Gasteiger partial charge is 0.410 e. The number of carbonyl (C=O) groups excluding carboxylic acids is 1. The maximum Gasteiger partial charge on any atom is 0.410 e. The molecule has 1 atom stereocenters. The lowest BCUT2D eigenvalue weighted by Gasteiger charge is -2.25. The number of aliphatic carboxylic acids is 1. The van der Waals surface area contributed by atoms with Crippen LogP contribution in [0.3, 0.4) is 0 Å². The van der Waals surface area contributed by atoms with Crippen molar-refractivity contribution >= 4 is 12.1 Å². The van der Waals surface area contributed by atoms with Gasteiger partial charge in [0.1, 0.15) is 12.6 Å². The largest absolute Gasteiger partial charge is 0.491 e. The van der Waals surface area contributed by atoms with Gasteiger partial charge in [0.05, 0.1) is 7.11 Å². The Morgan fingerprint density at radius 2 is 1.54 bits per heavy atom. The van der Waals surface area contributed by atoms with Crippen LogP contribution in [-0.4, -0.2) is 48.9 Å². The summed E-state index contributed by atoms with van der Waals surface area (Å²) in [5.41, 5.74) is 4.51. The molecule has 1 N–H and O–H groups in total. The molecule has 0 saturated carbocycles. The van der Waals surface area contributed by atoms with Crippen LogP contribution in [-0.2, 0) is 16.0 Å². The number of nitrogens with zero attached hydrogens (tertiary/aromatic N) is 1. The van der Waals surface area contributed by atoms with Gasteiger partial charge in [0, 0.05) is 13.0 Å². The van der Waals surface area contributed by atoms with Crippen molar-refractivity contribution in [2.45, 2.75) is 24.8 Å². The van der Waals surface area contributed by atoms with Gasteiger partial charge in [-0.05, 0) is 52.8 Å². The minimum atomic E-state index is -1.24. The van der Waals surface area contributed by atoms with Gasteiger partial charge in [0.2, 0.25) is 0 Å². The molecule has 0 bridgehead atoms. The number of amides is 1. The van der Waals surface area contributed by atoms with E-state index in [2.05, 4.69) is 4.74 Å². The normalized spacial score (nSPS) is 13.0. The van der Waals surface area contributed by atoms with Gasteiger partial charge in [-0.25, -0.2) is 18.4 Å². The highest BCUT2D eigenvalue weighted by molar-refractivity contribution is 5.81. The van der Waals surface area contributed by atoms with Gasteiger partial charge in [-0.1, -0.05) is 48.5 Å². The van der Waals surface area contributed by atoms with E-state index >= 15 is 0 Å². The molecule has 1 unspecified atom stereocenters. The van der Waals surface area contributed by atoms with E-state index in [0.29, 0.717) is 0 Å². The molecule has 1 aliphatic carbocycles. The molecule has 6 nitrogen and oxygen atoms in total. The monoisotopic (exact) mass is 481 g/mol. The van der Waals surface area contributed by atoms with Crippen LogP contribution >= 0.6 is 0 Å². The Labute approximate surface area is 201 Å². The van der Waals surface area contributed by atoms with E-state index in [1.54, 1.807) is 0 Å². The van der Waals surface area contributed by atoms with Crippen molar-refractivity contribution in [2.24, 2.45) is 0 Å². The van der Waals surface area contributed by atoms with Crippen molar-refractivity contribution < 1.29 is 33.0 Å². The van der Waals surface area contributed by atoms with E-state index < -0.39 is 35.5 Å². The fraction of sp³-hybridized carbons (Fsp3) is 0.259. The lowest BCUT2D eigenvalue weighted by molar-refractivity contribution is -0.142. The molecular weight excluding hydrogens is 456 g/mol. The van der Waals surface area contributed by atoms with Crippen molar-refractivity contribution in [3.8, 4) is 16.9 Å². The molecule has 35 heavy (non-hydrogen) atoms. The number of ether oxygens (including phenoxy) is 2. The molecule has 0 saturated heterocycles. The first-order chi connectivity index (χ1) is 16.8. The molecule has 182 valence electrons. The minimum Gasteiger partial charge on any atom is -0.491 e. The first kappa shape index (κ1) is 24.2. The molecule has 0 heterocycles. The number of fused-ring (bicyclic) bond motifs is 3. The van der Waals surface area contributed by atoms with E-state index in [1.807, 2.05) is 48.5 Å². The fourth-order valence-electron chi connectivity index (χ4n) is 4.56. The highest BCUT2D eigenvalue weighted by Gasteiger charge is 2.32. The average molecular weight is 481 g/mol. The van der Waals surface area contributed by atoms with Crippen molar-refractivity contribution in [3.63, 3.8) is 0 Å². The number of carbonyl (C=O) groups is 2. The van der Waals surface area contributed by atoms with E-state index in [9.17, 15) is 23.5 Å². The molecule has 4 rings (SSSR count). The van der Waals surface area contributed by atoms with E-state index in [-0.39, 0.29) is 30.9 Å². The summed E-state index contributed by atoms with van der Waals surface area (Å²) in [4.78, 5) is 25.7. The predicted octanol–water partition coefficient (Wildman–Crippen LogP) is 5.24. The van der Waals surface area contributed by atoms with Crippen LogP contribution in [0.5, 0.6) is 5.75 Å². The number of hydrogen-bond acceptors (Lipinski definition) is 4. The summed E-state index contributed by atoms with van der Waals surface area (Å²) < 4.78 is 38.2. The summed E-state index contributed by atoms with van der Waals surface area (Å²) in [6.07, 6.45) is -0.803. The number of carboxylic acid groups (broad SMARTS) is 1. The number of methoxy groups -OCH3 is 1. The number of aryl methyl sites for hydroxylation is 1. The Morgan fingerprint density at radius 3 is 2.06 bits per heavy atom. The van der Waals surface area contributed by atoms with Crippen molar-refractivity contribution in [1.82, 2.24) is 4.90 Å². The molecule has 3 aromatic carbocycles. The second-order valence-corrected chi connectivity index (χ2v) is 8.40. The van der Waals surface area contributed by atoms with E-state index in [0.717, 1.165) is 46.4 Å². The Hall–Kier alpha value is -3.94. The third kappa shape index (κ3) is 4.82. The summed E-state index contributed by atoms with van der Waals surface area (Å²) in [5.74, 6) is -3.65. The first-order valence-corrected chi connectivity index (χ1v) is 11.1. The fourth-order valence-corrected chi connectivity index (χ4v) is 4.56. The van der Waals surface area contributed by atoms with Gasteiger partial charge in [0.25, 0.3) is 0 Å². The molecule has 8 heteroatoms. The third-order valence-electron chi connectivity index (χ3n) is 6.35. The zero-order valence-corrected chi connectivity index (χ0v) is 19.3. The number of hydrogen-bond donors (Lipinski definition) is 1. The highest BCUT2D eigenvalue weighted by Crippen LogP contribution is 2.44. The highest BCUT2D eigenvalue weighted by atomic mass is 19.1. The lowest BCUT2D eigenvalue weighted by Crippen LogP contribution is -2.43. The van der Waals surface area contributed by atoms with Gasteiger partial charge in [-0.2, -0.15) is 0 Å². The zero-order chi connectivity index (χ0) is 25.1. The summed E-state index contributed by atoms with van der Waals surface area (Å²) in [5, 5.41) is 9.68. The van der Waals surface area contributed by atoms with Crippen LogP contribution in [0, 0.1) is 11.6 Å². The van der Waals surface area contributed by atoms with E-state index in [4.69, 9.17) is 4.74 Å². The number of likely N-dealkylation sites (N-methyl/N-ethyl adjacent to an activating group) is 1.